The maximum Gasteiger partial charge on any atom is 0.307 e. The molecule has 0 aromatic heterocycles. The maximum atomic E-state index is 12.3. The topological polar surface area (TPSA) is 66.4 Å². The molecule has 20 heavy (non-hydrogen) atoms. The van der Waals surface area contributed by atoms with Gasteiger partial charge in [-0.05, 0) is 38.3 Å². The largest absolute Gasteiger partial charge is 0.481 e. The number of carboxylic acid groups (broad SMARTS) is 1. The van der Waals surface area contributed by atoms with Crippen molar-refractivity contribution < 1.29 is 14.7 Å². The van der Waals surface area contributed by atoms with Gasteiger partial charge in [-0.25, -0.2) is 0 Å². The summed E-state index contributed by atoms with van der Waals surface area (Å²) in [7, 11) is 0. The van der Waals surface area contributed by atoms with Gasteiger partial charge in [0.25, 0.3) is 0 Å². The van der Waals surface area contributed by atoms with E-state index in [1.165, 1.54) is 0 Å². The Morgan fingerprint density at radius 1 is 1.15 bits per heavy atom. The SMILES string of the molecule is Cc1ccc(NC(=O)C2CCCCC2C(=O)O)c(C)c1. The third kappa shape index (κ3) is 3.18. The van der Waals surface area contributed by atoms with Crippen molar-refractivity contribution in [3.8, 4) is 0 Å². The second kappa shape index (κ2) is 6.07. The summed E-state index contributed by atoms with van der Waals surface area (Å²) in [6.45, 7) is 3.94. The fourth-order valence-corrected chi connectivity index (χ4v) is 2.92. The summed E-state index contributed by atoms with van der Waals surface area (Å²) in [5.41, 5.74) is 2.91. The Bertz CT molecular complexity index is 524. The predicted molar refractivity (Wildman–Crippen MR) is 77.6 cm³/mol. The van der Waals surface area contributed by atoms with E-state index in [0.29, 0.717) is 12.8 Å². The van der Waals surface area contributed by atoms with Crippen molar-refractivity contribution in [2.75, 3.05) is 5.32 Å². The Kier molecular flexibility index (Phi) is 4.42. The molecule has 0 aliphatic heterocycles. The Morgan fingerprint density at radius 3 is 2.40 bits per heavy atom. The van der Waals surface area contributed by atoms with Crippen LogP contribution in [0.5, 0.6) is 0 Å². The molecule has 4 nitrogen and oxygen atoms in total. The van der Waals surface area contributed by atoms with Gasteiger partial charge < -0.3 is 10.4 Å². The van der Waals surface area contributed by atoms with Crippen molar-refractivity contribution in [1.29, 1.82) is 0 Å². The van der Waals surface area contributed by atoms with E-state index in [2.05, 4.69) is 5.32 Å². The van der Waals surface area contributed by atoms with Crippen LogP contribution in [0.1, 0.15) is 36.8 Å². The van der Waals surface area contributed by atoms with Crippen LogP contribution in [-0.4, -0.2) is 17.0 Å². The molecule has 1 aromatic rings. The minimum Gasteiger partial charge on any atom is -0.481 e. The van der Waals surface area contributed by atoms with Crippen LogP contribution in [0.2, 0.25) is 0 Å². The second-order valence-corrected chi connectivity index (χ2v) is 5.64. The summed E-state index contributed by atoms with van der Waals surface area (Å²) in [6, 6.07) is 5.82. The highest BCUT2D eigenvalue weighted by atomic mass is 16.4. The molecule has 108 valence electrons. The molecule has 1 fully saturated rings. The fraction of sp³-hybridized carbons (Fsp3) is 0.500. The van der Waals surface area contributed by atoms with E-state index in [1.807, 2.05) is 32.0 Å². The lowest BCUT2D eigenvalue weighted by atomic mass is 9.78. The van der Waals surface area contributed by atoms with Crippen molar-refractivity contribution in [1.82, 2.24) is 0 Å². The molecule has 2 rings (SSSR count). The lowest BCUT2D eigenvalue weighted by Crippen LogP contribution is -2.36. The van der Waals surface area contributed by atoms with Crippen LogP contribution in [0.4, 0.5) is 5.69 Å². The van der Waals surface area contributed by atoms with Crippen molar-refractivity contribution in [3.63, 3.8) is 0 Å². The summed E-state index contributed by atoms with van der Waals surface area (Å²) < 4.78 is 0. The molecule has 0 bridgehead atoms. The van der Waals surface area contributed by atoms with Crippen LogP contribution in [-0.2, 0) is 9.59 Å². The molecule has 1 aliphatic carbocycles. The number of carbonyl (C=O) groups is 2. The Hall–Kier alpha value is -1.84. The first-order valence-electron chi connectivity index (χ1n) is 7.10. The molecule has 1 amide bonds. The molecule has 2 atom stereocenters. The third-order valence-electron chi connectivity index (χ3n) is 4.06. The molecule has 2 N–H and O–H groups in total. The summed E-state index contributed by atoms with van der Waals surface area (Å²) >= 11 is 0. The lowest BCUT2D eigenvalue weighted by molar-refractivity contribution is -0.147. The smallest absolute Gasteiger partial charge is 0.307 e. The highest BCUT2D eigenvalue weighted by Crippen LogP contribution is 2.31. The van der Waals surface area contributed by atoms with Crippen molar-refractivity contribution in [3.05, 3.63) is 29.3 Å². The number of anilines is 1. The van der Waals surface area contributed by atoms with Gasteiger partial charge in [0.1, 0.15) is 0 Å². The van der Waals surface area contributed by atoms with Gasteiger partial charge in [0.2, 0.25) is 5.91 Å². The molecular formula is C16H21NO3. The van der Waals surface area contributed by atoms with E-state index in [4.69, 9.17) is 0 Å². The lowest BCUT2D eigenvalue weighted by Gasteiger charge is -2.27. The number of carbonyl (C=O) groups excluding carboxylic acids is 1. The number of carboxylic acids is 1. The molecule has 4 heteroatoms. The Balaban J connectivity index is 2.12. The minimum atomic E-state index is -0.856. The third-order valence-corrected chi connectivity index (χ3v) is 4.06. The standard InChI is InChI=1S/C16H21NO3/c1-10-7-8-14(11(2)9-10)17-15(18)12-5-3-4-6-13(12)16(19)20/h7-9,12-13H,3-6H2,1-2H3,(H,17,18)(H,19,20). The zero-order chi connectivity index (χ0) is 14.7. The van der Waals surface area contributed by atoms with Gasteiger partial charge in [-0.1, -0.05) is 30.5 Å². The number of amides is 1. The normalized spacial score (nSPS) is 22.3. The first-order valence-corrected chi connectivity index (χ1v) is 7.10. The number of nitrogens with one attached hydrogen (secondary N) is 1. The van der Waals surface area contributed by atoms with Crippen molar-refractivity contribution in [2.45, 2.75) is 39.5 Å². The quantitative estimate of drug-likeness (QED) is 0.890. The minimum absolute atomic E-state index is 0.163. The van der Waals surface area contributed by atoms with Gasteiger partial charge in [-0.15, -0.1) is 0 Å². The molecule has 1 aliphatic rings. The van der Waals surface area contributed by atoms with Gasteiger partial charge in [-0.2, -0.15) is 0 Å². The van der Waals surface area contributed by atoms with E-state index >= 15 is 0 Å². The zero-order valence-electron chi connectivity index (χ0n) is 12.0. The van der Waals surface area contributed by atoms with Crippen LogP contribution in [0.15, 0.2) is 18.2 Å². The molecule has 0 saturated heterocycles. The van der Waals surface area contributed by atoms with E-state index < -0.39 is 17.8 Å². The molecule has 0 heterocycles. The van der Waals surface area contributed by atoms with Gasteiger partial charge in [0.05, 0.1) is 11.8 Å². The van der Waals surface area contributed by atoms with Gasteiger partial charge >= 0.3 is 5.97 Å². The van der Waals surface area contributed by atoms with Crippen LogP contribution >= 0.6 is 0 Å². The summed E-state index contributed by atoms with van der Waals surface area (Å²) in [4.78, 5) is 23.6. The second-order valence-electron chi connectivity index (χ2n) is 5.64. The van der Waals surface area contributed by atoms with E-state index in [9.17, 15) is 14.7 Å². The van der Waals surface area contributed by atoms with Crippen LogP contribution < -0.4 is 5.32 Å². The van der Waals surface area contributed by atoms with Crippen LogP contribution in [0.3, 0.4) is 0 Å². The summed E-state index contributed by atoms with van der Waals surface area (Å²) in [5, 5.41) is 12.1. The van der Waals surface area contributed by atoms with Crippen LogP contribution in [0.25, 0.3) is 0 Å². The summed E-state index contributed by atoms with van der Waals surface area (Å²) in [6.07, 6.45) is 3.08. The maximum absolute atomic E-state index is 12.3. The van der Waals surface area contributed by atoms with E-state index in [1.54, 1.807) is 0 Å². The van der Waals surface area contributed by atoms with Gasteiger partial charge in [-0.3, -0.25) is 9.59 Å². The molecule has 0 spiro atoms. The average molecular weight is 275 g/mol. The first-order chi connectivity index (χ1) is 9.49. The Morgan fingerprint density at radius 2 is 1.80 bits per heavy atom. The Labute approximate surface area is 119 Å². The van der Waals surface area contributed by atoms with E-state index in [0.717, 1.165) is 29.7 Å². The number of hydrogen-bond donors (Lipinski definition) is 2. The first kappa shape index (κ1) is 14.6. The molecule has 1 aromatic carbocycles. The predicted octanol–water partition coefficient (Wildman–Crippen LogP) is 3.13. The van der Waals surface area contributed by atoms with E-state index in [-0.39, 0.29) is 5.91 Å². The molecular weight excluding hydrogens is 254 g/mol. The average Bonchev–Trinajstić information content (AvgIpc) is 2.41. The number of benzene rings is 1. The number of aliphatic carboxylic acids is 1. The number of aryl methyl sites for hydroxylation is 2. The molecule has 2 unspecified atom stereocenters. The van der Waals surface area contributed by atoms with Crippen molar-refractivity contribution in [2.24, 2.45) is 11.8 Å². The monoisotopic (exact) mass is 275 g/mol. The zero-order valence-corrected chi connectivity index (χ0v) is 12.0. The number of rotatable bonds is 3. The van der Waals surface area contributed by atoms with Gasteiger partial charge in [0.15, 0.2) is 0 Å². The van der Waals surface area contributed by atoms with Crippen LogP contribution in [0, 0.1) is 25.7 Å². The summed E-state index contributed by atoms with van der Waals surface area (Å²) in [5.74, 6) is -1.98. The molecule has 0 radical (unpaired) electrons. The highest BCUT2D eigenvalue weighted by Gasteiger charge is 2.35. The van der Waals surface area contributed by atoms with Crippen molar-refractivity contribution >= 4 is 17.6 Å². The van der Waals surface area contributed by atoms with Gasteiger partial charge in [0, 0.05) is 5.69 Å². The molecule has 1 saturated carbocycles. The highest BCUT2D eigenvalue weighted by molar-refractivity contribution is 5.95. The number of hydrogen-bond acceptors (Lipinski definition) is 2. The fourth-order valence-electron chi connectivity index (χ4n) is 2.92.